The molecule has 0 aromatic heterocycles. The number of nitriles is 1. The quantitative estimate of drug-likeness (QED) is 0.444. The molecule has 0 radical (unpaired) electrons. The van der Waals surface area contributed by atoms with Crippen LogP contribution in [0.3, 0.4) is 0 Å². The Morgan fingerprint density at radius 1 is 1.46 bits per heavy atom. The summed E-state index contributed by atoms with van der Waals surface area (Å²) < 4.78 is 20.5. The van der Waals surface area contributed by atoms with Gasteiger partial charge in [0.05, 0.1) is 18.4 Å². The van der Waals surface area contributed by atoms with Gasteiger partial charge in [0.1, 0.15) is 0 Å². The van der Waals surface area contributed by atoms with Crippen molar-refractivity contribution in [2.45, 2.75) is 26.2 Å². The number of unbranched alkanes of at least 4 members (excludes halogenated alkanes) is 2. The summed E-state index contributed by atoms with van der Waals surface area (Å²) in [5.41, 5.74) is 4.67. The van der Waals surface area contributed by atoms with Crippen LogP contribution in [0.4, 0.5) is 0 Å². The Morgan fingerprint density at radius 2 is 1.92 bits per heavy atom. The average molecular weight is 227 g/mol. The molecule has 0 rings (SSSR count). The van der Waals surface area contributed by atoms with Crippen LogP contribution in [0.1, 0.15) is 26.2 Å². The minimum absolute atomic E-state index is 0.113. The lowest BCUT2D eigenvalue weighted by molar-refractivity contribution is 0.604. The van der Waals surface area contributed by atoms with Crippen molar-refractivity contribution in [3.05, 3.63) is 0 Å². The molecule has 0 aromatic rings. The van der Waals surface area contributed by atoms with E-state index in [9.17, 15) is 8.42 Å². The number of nitrogens with zero attached hydrogens (tertiary/aromatic N) is 1. The molecular formula is C7H15ClN2O2S. The summed E-state index contributed by atoms with van der Waals surface area (Å²) in [6.45, 7) is 2.14. The molecule has 0 spiro atoms. The normalized spacial score (nSPS) is 9.69. The van der Waals surface area contributed by atoms with E-state index >= 15 is 0 Å². The first-order valence-corrected chi connectivity index (χ1v) is 6.45. The molecule has 0 amide bonds. The summed E-state index contributed by atoms with van der Waals surface area (Å²) in [5, 5.41) is 7.50. The van der Waals surface area contributed by atoms with Crippen LogP contribution in [0.25, 0.3) is 0 Å². The van der Waals surface area contributed by atoms with Gasteiger partial charge >= 0.3 is 0 Å². The van der Waals surface area contributed by atoms with Crippen LogP contribution in [-0.4, -0.2) is 20.7 Å². The third-order valence-electron chi connectivity index (χ3n) is 1.08. The van der Waals surface area contributed by atoms with Gasteiger partial charge in [-0.15, -0.1) is 0 Å². The van der Waals surface area contributed by atoms with E-state index in [0.717, 1.165) is 12.8 Å². The van der Waals surface area contributed by atoms with E-state index in [1.807, 2.05) is 6.92 Å². The van der Waals surface area contributed by atoms with Crippen molar-refractivity contribution >= 4 is 19.7 Å². The highest BCUT2D eigenvalue weighted by atomic mass is 35.7. The molecule has 78 valence electrons. The van der Waals surface area contributed by atoms with Crippen LogP contribution in [0.2, 0.25) is 0 Å². The van der Waals surface area contributed by atoms with Gasteiger partial charge in [-0.3, -0.25) is 0 Å². The smallest absolute Gasteiger partial charge is 0.232 e. The highest BCUT2D eigenvalue weighted by molar-refractivity contribution is 8.13. The highest BCUT2D eigenvalue weighted by Crippen LogP contribution is 2.02. The van der Waals surface area contributed by atoms with Gasteiger partial charge in [-0.1, -0.05) is 19.8 Å². The van der Waals surface area contributed by atoms with E-state index in [0.29, 0.717) is 6.42 Å². The summed E-state index contributed by atoms with van der Waals surface area (Å²) >= 11 is 0. The number of hydrogen-bond donors (Lipinski definition) is 1. The predicted molar refractivity (Wildman–Crippen MR) is 53.8 cm³/mol. The molecular weight excluding hydrogens is 212 g/mol. The molecule has 0 saturated carbocycles. The molecule has 0 atom stereocenters. The van der Waals surface area contributed by atoms with Gasteiger partial charge in [-0.05, 0) is 6.42 Å². The first-order valence-electron chi connectivity index (χ1n) is 3.97. The summed E-state index contributed by atoms with van der Waals surface area (Å²) in [4.78, 5) is 0. The predicted octanol–water partition coefficient (Wildman–Crippen LogP) is 1.21. The number of hydrogen-bond acceptors (Lipinski definition) is 4. The maximum atomic E-state index is 10.3. The molecule has 0 aliphatic heterocycles. The number of halogens is 1. The zero-order valence-electron chi connectivity index (χ0n) is 7.66. The summed E-state index contributed by atoms with van der Waals surface area (Å²) in [5.74, 6) is 0.113. The zero-order valence-corrected chi connectivity index (χ0v) is 9.24. The van der Waals surface area contributed by atoms with E-state index in [-0.39, 0.29) is 12.3 Å². The van der Waals surface area contributed by atoms with Crippen molar-refractivity contribution in [3.63, 3.8) is 0 Å². The van der Waals surface area contributed by atoms with Crippen LogP contribution >= 0.6 is 10.7 Å². The van der Waals surface area contributed by atoms with Crippen molar-refractivity contribution in [2.24, 2.45) is 5.73 Å². The third-order valence-corrected chi connectivity index (χ3v) is 2.32. The summed E-state index contributed by atoms with van der Waals surface area (Å²) in [6.07, 6.45) is 2.64. The number of nitrogens with two attached hydrogens (primary N) is 1. The Kier molecular flexibility index (Phi) is 11.4. The molecule has 0 aliphatic carbocycles. The molecule has 6 heteroatoms. The van der Waals surface area contributed by atoms with Gasteiger partial charge in [0.2, 0.25) is 9.05 Å². The molecule has 4 nitrogen and oxygen atoms in total. The van der Waals surface area contributed by atoms with E-state index in [2.05, 4.69) is 5.73 Å². The van der Waals surface area contributed by atoms with Crippen molar-refractivity contribution in [2.75, 3.05) is 12.3 Å². The van der Waals surface area contributed by atoms with E-state index in [4.69, 9.17) is 15.9 Å². The fourth-order valence-corrected chi connectivity index (χ4v) is 1.40. The minimum Gasteiger partial charge on any atom is -0.318 e. The first-order chi connectivity index (χ1) is 5.97. The van der Waals surface area contributed by atoms with Crippen molar-refractivity contribution in [1.82, 2.24) is 0 Å². The summed E-state index contributed by atoms with van der Waals surface area (Å²) in [7, 11) is 1.72. The van der Waals surface area contributed by atoms with Gasteiger partial charge in [0.25, 0.3) is 0 Å². The molecule has 0 aromatic carbocycles. The Morgan fingerprint density at radius 3 is 2.15 bits per heavy atom. The lowest BCUT2D eigenvalue weighted by Crippen LogP contribution is -1.95. The fourth-order valence-electron chi connectivity index (χ4n) is 0.524. The van der Waals surface area contributed by atoms with Gasteiger partial charge < -0.3 is 5.73 Å². The minimum atomic E-state index is -3.22. The lowest BCUT2D eigenvalue weighted by Gasteiger charge is -1.92. The Bertz CT molecular complexity index is 233. The van der Waals surface area contributed by atoms with E-state index < -0.39 is 9.05 Å². The molecule has 0 fully saturated rings. The van der Waals surface area contributed by atoms with Gasteiger partial charge in [-0.25, -0.2) is 8.42 Å². The third kappa shape index (κ3) is 24.5. The molecule has 0 heterocycles. The van der Waals surface area contributed by atoms with Crippen LogP contribution in [0.5, 0.6) is 0 Å². The topological polar surface area (TPSA) is 84.0 Å². The Hall–Kier alpha value is -0.310. The fraction of sp³-hybridized carbons (Fsp3) is 0.857. The monoisotopic (exact) mass is 226 g/mol. The average Bonchev–Trinajstić information content (AvgIpc) is 2.03. The van der Waals surface area contributed by atoms with Gasteiger partial charge in [0, 0.05) is 10.7 Å². The second-order valence-electron chi connectivity index (χ2n) is 2.31. The van der Waals surface area contributed by atoms with Crippen molar-refractivity contribution in [1.29, 1.82) is 5.26 Å². The first kappa shape index (κ1) is 15.2. The van der Waals surface area contributed by atoms with Gasteiger partial charge in [-0.2, -0.15) is 5.26 Å². The van der Waals surface area contributed by atoms with Crippen LogP contribution < -0.4 is 5.73 Å². The van der Waals surface area contributed by atoms with E-state index in [1.165, 1.54) is 0 Å². The Balaban J connectivity index is 0. The second kappa shape index (κ2) is 9.78. The van der Waals surface area contributed by atoms with Crippen molar-refractivity contribution < 1.29 is 8.42 Å². The SMILES string of the molecule is CCCCCS(=O)(=O)Cl.N#CCN. The van der Waals surface area contributed by atoms with Crippen molar-refractivity contribution in [3.8, 4) is 6.07 Å². The maximum Gasteiger partial charge on any atom is 0.232 e. The lowest BCUT2D eigenvalue weighted by atomic mass is 10.3. The molecule has 0 saturated heterocycles. The molecule has 13 heavy (non-hydrogen) atoms. The number of rotatable bonds is 4. The molecule has 0 aliphatic rings. The zero-order chi connectivity index (χ0) is 10.7. The standard InChI is InChI=1S/C5H11ClO2S.C2H4N2/c1-2-3-4-5-9(6,7)8;3-1-2-4/h2-5H2,1H3;1,3H2. The second-order valence-corrected chi connectivity index (χ2v) is 5.21. The van der Waals surface area contributed by atoms with E-state index in [1.54, 1.807) is 6.07 Å². The van der Waals surface area contributed by atoms with Crippen LogP contribution in [0, 0.1) is 11.3 Å². The maximum absolute atomic E-state index is 10.3. The molecule has 0 bridgehead atoms. The molecule has 0 unspecified atom stereocenters. The van der Waals surface area contributed by atoms with Crippen LogP contribution in [0.15, 0.2) is 0 Å². The Labute approximate surface area is 84.1 Å². The van der Waals surface area contributed by atoms with Crippen LogP contribution in [-0.2, 0) is 9.05 Å². The highest BCUT2D eigenvalue weighted by Gasteiger charge is 2.02. The van der Waals surface area contributed by atoms with Gasteiger partial charge in [0.15, 0.2) is 0 Å². The molecule has 2 N–H and O–H groups in total. The summed E-state index contributed by atoms with van der Waals surface area (Å²) in [6, 6.07) is 1.71. The largest absolute Gasteiger partial charge is 0.318 e.